The van der Waals surface area contributed by atoms with Crippen LogP contribution in [-0.2, 0) is 0 Å². The van der Waals surface area contributed by atoms with Crippen molar-refractivity contribution in [2.75, 3.05) is 39.9 Å². The van der Waals surface area contributed by atoms with Crippen LogP contribution in [0, 0.1) is 0 Å². The molecular weight excluding hydrogens is 490 g/mol. The van der Waals surface area contributed by atoms with Crippen LogP contribution in [-0.4, -0.2) is 99.4 Å². The molecule has 0 amide bonds. The first kappa shape index (κ1) is 35.4. The first-order valence-corrected chi connectivity index (χ1v) is 13.1. The summed E-state index contributed by atoms with van der Waals surface area (Å²) in [7, 11) is 1.92. The molecule has 6 N–H and O–H groups in total. The maximum atomic E-state index is 10.3. The van der Waals surface area contributed by atoms with Crippen LogP contribution in [0.3, 0.4) is 0 Å². The second kappa shape index (κ2) is 22.7. The molecule has 0 aliphatic rings. The van der Waals surface area contributed by atoms with Gasteiger partial charge >= 0.3 is 0 Å². The van der Waals surface area contributed by atoms with Crippen molar-refractivity contribution in [1.29, 1.82) is 0 Å². The minimum atomic E-state index is -1.61. The summed E-state index contributed by atoms with van der Waals surface area (Å²) in [5.41, 5.74) is 0. The van der Waals surface area contributed by atoms with Gasteiger partial charge in [0, 0.05) is 0 Å². The standard InChI is InChI=1S/C25H54NO6.BrH/c1-3-4-5-6-7-8-9-10-11-12-13-14-15-16-17-26(2,18-19-27)20-22(29)24(31)25(32)23(30)21-28;/h22-25,27-32H,3-21H2,1-2H3;1H/q+1;/p-1. The molecule has 0 aliphatic carbocycles. The minimum absolute atomic E-state index is 0. The van der Waals surface area contributed by atoms with Crippen molar-refractivity contribution in [2.24, 2.45) is 0 Å². The molecule has 202 valence electrons. The largest absolute Gasteiger partial charge is 1.00 e. The van der Waals surface area contributed by atoms with Crippen LogP contribution < -0.4 is 17.0 Å². The third-order valence-electron chi connectivity index (χ3n) is 6.64. The van der Waals surface area contributed by atoms with Gasteiger partial charge in [-0.25, -0.2) is 0 Å². The number of aliphatic hydroxyl groups excluding tert-OH is 6. The van der Waals surface area contributed by atoms with Gasteiger partial charge in [-0.15, -0.1) is 0 Å². The van der Waals surface area contributed by atoms with Crippen molar-refractivity contribution >= 4 is 0 Å². The number of aliphatic hydroxyl groups is 6. The summed E-state index contributed by atoms with van der Waals surface area (Å²) in [4.78, 5) is 0. The topological polar surface area (TPSA) is 121 Å². The highest BCUT2D eigenvalue weighted by molar-refractivity contribution is 4.80. The molecule has 0 aromatic rings. The smallest absolute Gasteiger partial charge is 0.131 e. The molecule has 0 radical (unpaired) electrons. The molecule has 0 heterocycles. The first-order valence-electron chi connectivity index (χ1n) is 13.1. The van der Waals surface area contributed by atoms with E-state index >= 15 is 0 Å². The summed E-state index contributed by atoms with van der Waals surface area (Å²) < 4.78 is 0.384. The van der Waals surface area contributed by atoms with Gasteiger partial charge in [0.15, 0.2) is 0 Å². The second-order valence-corrected chi connectivity index (χ2v) is 9.87. The lowest BCUT2D eigenvalue weighted by molar-refractivity contribution is -0.913. The summed E-state index contributed by atoms with van der Waals surface area (Å²) in [6.45, 7) is 2.91. The summed E-state index contributed by atoms with van der Waals surface area (Å²) >= 11 is 0. The van der Waals surface area contributed by atoms with E-state index in [0.29, 0.717) is 11.0 Å². The van der Waals surface area contributed by atoms with E-state index in [2.05, 4.69) is 6.92 Å². The van der Waals surface area contributed by atoms with E-state index in [-0.39, 0.29) is 30.1 Å². The Balaban J connectivity index is 0. The van der Waals surface area contributed by atoms with Gasteiger partial charge in [-0.05, 0) is 12.8 Å². The number of nitrogens with zero attached hydrogens (tertiary/aromatic N) is 1. The molecule has 0 bridgehead atoms. The molecule has 5 atom stereocenters. The maximum Gasteiger partial charge on any atom is 0.131 e. The van der Waals surface area contributed by atoms with E-state index in [1.165, 1.54) is 77.0 Å². The summed E-state index contributed by atoms with van der Waals surface area (Å²) in [6.07, 6.45) is 12.1. The predicted molar refractivity (Wildman–Crippen MR) is 129 cm³/mol. The van der Waals surface area contributed by atoms with E-state index < -0.39 is 31.0 Å². The number of unbranched alkanes of at least 4 members (excludes halogenated alkanes) is 13. The molecule has 0 spiro atoms. The highest BCUT2D eigenvalue weighted by Crippen LogP contribution is 2.16. The molecule has 0 saturated carbocycles. The molecule has 0 rings (SSSR count). The van der Waals surface area contributed by atoms with E-state index in [1.54, 1.807) is 0 Å². The molecule has 7 nitrogen and oxygen atoms in total. The Bertz CT molecular complexity index is 420. The molecule has 8 heteroatoms. The Hall–Kier alpha value is 0.200. The molecular formula is C25H54BrNO6. The van der Waals surface area contributed by atoms with Crippen molar-refractivity contribution < 1.29 is 52.1 Å². The fourth-order valence-corrected chi connectivity index (χ4v) is 4.35. The zero-order valence-corrected chi connectivity index (χ0v) is 22.8. The van der Waals surface area contributed by atoms with E-state index in [4.69, 9.17) is 5.11 Å². The van der Waals surface area contributed by atoms with E-state index in [0.717, 1.165) is 19.4 Å². The van der Waals surface area contributed by atoms with Crippen LogP contribution in [0.2, 0.25) is 0 Å². The number of hydrogen-bond donors (Lipinski definition) is 6. The fourth-order valence-electron chi connectivity index (χ4n) is 4.35. The molecule has 0 aromatic carbocycles. The van der Waals surface area contributed by atoms with Crippen LogP contribution in [0.5, 0.6) is 0 Å². The lowest BCUT2D eigenvalue weighted by atomic mass is 10.0. The summed E-state index contributed by atoms with van der Waals surface area (Å²) in [5, 5.41) is 58.0. The molecule has 0 fully saturated rings. The molecule has 0 aromatic heterocycles. The quantitative estimate of drug-likeness (QED) is 0.0751. The van der Waals surface area contributed by atoms with Gasteiger partial charge < -0.3 is 52.1 Å². The fraction of sp³-hybridized carbons (Fsp3) is 1.00. The summed E-state index contributed by atoms with van der Waals surface area (Å²) in [6, 6.07) is 0. The molecule has 0 aliphatic heterocycles. The first-order chi connectivity index (χ1) is 15.3. The van der Waals surface area contributed by atoms with Crippen molar-refractivity contribution in [3.8, 4) is 0 Å². The lowest BCUT2D eigenvalue weighted by Gasteiger charge is -2.37. The highest BCUT2D eigenvalue weighted by Gasteiger charge is 2.35. The number of halogens is 1. The van der Waals surface area contributed by atoms with Crippen molar-refractivity contribution in [1.82, 2.24) is 0 Å². The van der Waals surface area contributed by atoms with Gasteiger partial charge in [0.25, 0.3) is 0 Å². The lowest BCUT2D eigenvalue weighted by Crippen LogP contribution is -3.00. The zero-order chi connectivity index (χ0) is 24.2. The zero-order valence-electron chi connectivity index (χ0n) is 21.3. The third kappa shape index (κ3) is 18.2. The Morgan fingerprint density at radius 1 is 0.576 bits per heavy atom. The Morgan fingerprint density at radius 3 is 1.36 bits per heavy atom. The highest BCUT2D eigenvalue weighted by atomic mass is 79.9. The van der Waals surface area contributed by atoms with Gasteiger partial charge in [-0.1, -0.05) is 84.0 Å². The van der Waals surface area contributed by atoms with Gasteiger partial charge in [0.1, 0.15) is 37.5 Å². The van der Waals surface area contributed by atoms with Gasteiger partial charge in [-0.2, -0.15) is 0 Å². The SMILES string of the molecule is CCCCCCCCCCCCCCCC[N+](C)(CCO)CC(O)C(O)C(O)C(O)CO.[Br-]. The minimum Gasteiger partial charge on any atom is -1.00 e. The second-order valence-electron chi connectivity index (χ2n) is 9.87. The van der Waals surface area contributed by atoms with E-state index in [9.17, 15) is 25.5 Å². The normalized spacial score (nSPS) is 17.1. The number of quaternary nitrogens is 1. The number of likely N-dealkylation sites (N-methyl/N-ethyl adjacent to an activating group) is 1. The maximum absolute atomic E-state index is 10.3. The van der Waals surface area contributed by atoms with Crippen molar-refractivity contribution in [3.63, 3.8) is 0 Å². The van der Waals surface area contributed by atoms with Crippen LogP contribution in [0.25, 0.3) is 0 Å². The van der Waals surface area contributed by atoms with Crippen molar-refractivity contribution in [2.45, 2.75) is 121 Å². The number of hydrogen-bond acceptors (Lipinski definition) is 6. The van der Waals surface area contributed by atoms with E-state index in [1.807, 2.05) is 7.05 Å². The Kier molecular flexibility index (Phi) is 24.3. The van der Waals surface area contributed by atoms with Crippen LogP contribution in [0.4, 0.5) is 0 Å². The van der Waals surface area contributed by atoms with Crippen LogP contribution in [0.15, 0.2) is 0 Å². The van der Waals surface area contributed by atoms with Crippen molar-refractivity contribution in [3.05, 3.63) is 0 Å². The van der Waals surface area contributed by atoms with Gasteiger partial charge in [0.2, 0.25) is 0 Å². The Morgan fingerprint density at radius 2 is 0.970 bits per heavy atom. The Labute approximate surface area is 213 Å². The average Bonchev–Trinajstić information content (AvgIpc) is 2.77. The average molecular weight is 545 g/mol. The van der Waals surface area contributed by atoms with Crippen LogP contribution in [0.1, 0.15) is 96.8 Å². The van der Waals surface area contributed by atoms with Gasteiger partial charge in [0.05, 0.1) is 26.8 Å². The van der Waals surface area contributed by atoms with Gasteiger partial charge in [-0.3, -0.25) is 0 Å². The molecule has 5 unspecified atom stereocenters. The monoisotopic (exact) mass is 543 g/mol. The third-order valence-corrected chi connectivity index (χ3v) is 6.64. The number of rotatable bonds is 23. The molecule has 33 heavy (non-hydrogen) atoms. The predicted octanol–water partition coefficient (Wildman–Crippen LogP) is -0.653. The summed E-state index contributed by atoms with van der Waals surface area (Å²) in [5.74, 6) is 0. The molecule has 0 saturated heterocycles. The van der Waals surface area contributed by atoms with Crippen LogP contribution >= 0.6 is 0 Å².